The summed E-state index contributed by atoms with van der Waals surface area (Å²) in [5.74, 6) is -7.21. The molecule has 83 heavy (non-hydrogen) atoms. The first-order chi connectivity index (χ1) is 39.8. The molecule has 2 aliphatic rings. The summed E-state index contributed by atoms with van der Waals surface area (Å²) in [6, 6.07) is 31.2. The first kappa shape index (κ1) is 58.1. The van der Waals surface area contributed by atoms with E-state index in [-0.39, 0.29) is 60.5 Å². The van der Waals surface area contributed by atoms with Gasteiger partial charge in [-0.15, -0.1) is 0 Å². The summed E-state index contributed by atoms with van der Waals surface area (Å²) in [7, 11) is -3.19. The molecule has 1 aliphatic carbocycles. The highest BCUT2D eigenvalue weighted by molar-refractivity contribution is 7.91. The lowest BCUT2D eigenvalue weighted by Gasteiger charge is -2.43. The lowest BCUT2D eigenvalue weighted by Crippen LogP contribution is -2.64. The standard InChI is InChI=1S/C59H53F2N5O16S/c1-33(67)78-52-53(79-34(2)68)55(80-35(3)69)58(82-54(52)57(72)76-4)81-49-19-15-37(25-48(49)64-50(70)21-22-62-59(73)77-32-47-45-11-7-5-9-43(45)44-10-6-8-12-46(44)47)30-65-23-24-66-31-38(16-20-51(65)66)56(71)63-29-36-13-17-41(18-14-36)83(74,75)42-27-39(60)26-40(61)28-42/h5-20,23-28,31,47,52-55,58H,21-22,29-30,32H2,1-4H3,(H2-,62,63,64,70,71,73)/p+1/t52-,53-,54-,55+,58+/m0/s1. The number of carbonyl (C=O) groups is 7. The summed E-state index contributed by atoms with van der Waals surface area (Å²) in [6.45, 7) is 3.19. The van der Waals surface area contributed by atoms with Gasteiger partial charge >= 0.3 is 30.0 Å². The maximum absolute atomic E-state index is 13.8. The summed E-state index contributed by atoms with van der Waals surface area (Å²) in [5, 5.41) is 8.21. The molecular formula is C59H54F2N5O16S+. The zero-order chi connectivity index (χ0) is 59.1. The number of esters is 4. The Morgan fingerprint density at radius 1 is 0.699 bits per heavy atom. The first-order valence-corrected chi connectivity index (χ1v) is 27.3. The van der Waals surface area contributed by atoms with Gasteiger partial charge in [-0.05, 0) is 75.8 Å². The number of imidazole rings is 1. The van der Waals surface area contributed by atoms with E-state index < -0.39 is 98.9 Å². The minimum Gasteiger partial charge on any atom is -0.467 e. The molecule has 1 saturated heterocycles. The third-order valence-electron chi connectivity index (χ3n) is 13.5. The first-order valence-electron chi connectivity index (χ1n) is 25.8. The van der Waals surface area contributed by atoms with Crippen LogP contribution in [0.3, 0.4) is 0 Å². The molecule has 3 amide bonds. The number of rotatable bonds is 19. The monoisotopic (exact) mass is 1160 g/mol. The molecule has 0 saturated carbocycles. The average molecular weight is 1160 g/mol. The number of hydrogen-bond acceptors (Lipinski definition) is 16. The Balaban J connectivity index is 0.915. The van der Waals surface area contributed by atoms with Crippen LogP contribution in [0.4, 0.5) is 19.3 Å². The van der Waals surface area contributed by atoms with Crippen LogP contribution in [0.15, 0.2) is 150 Å². The molecule has 1 aliphatic heterocycles. The number of halogens is 2. The van der Waals surface area contributed by atoms with Crippen molar-refractivity contribution in [2.75, 3.05) is 25.6 Å². The fourth-order valence-electron chi connectivity index (χ4n) is 9.77. The number of ether oxygens (including phenoxy) is 7. The molecule has 1 fully saturated rings. The van der Waals surface area contributed by atoms with Crippen molar-refractivity contribution in [3.8, 4) is 16.9 Å². The van der Waals surface area contributed by atoms with Crippen molar-refractivity contribution >= 4 is 63.0 Å². The zero-order valence-corrected chi connectivity index (χ0v) is 45.7. The van der Waals surface area contributed by atoms with E-state index in [1.54, 1.807) is 47.3 Å². The van der Waals surface area contributed by atoms with Crippen LogP contribution in [0.25, 0.3) is 16.8 Å². The van der Waals surface area contributed by atoms with Crippen LogP contribution < -0.4 is 25.3 Å². The molecule has 0 bridgehead atoms. The number of pyridine rings is 1. The van der Waals surface area contributed by atoms with Crippen molar-refractivity contribution in [2.45, 2.75) is 86.7 Å². The predicted octanol–water partition coefficient (Wildman–Crippen LogP) is 6.26. The van der Waals surface area contributed by atoms with Crippen molar-refractivity contribution in [1.29, 1.82) is 0 Å². The van der Waals surface area contributed by atoms with Crippen LogP contribution in [-0.2, 0) is 75.3 Å². The number of aromatic nitrogens is 2. The van der Waals surface area contributed by atoms with Gasteiger partial charge in [-0.25, -0.2) is 35.8 Å². The molecule has 2 aromatic heterocycles. The highest BCUT2D eigenvalue weighted by Gasteiger charge is 2.56. The summed E-state index contributed by atoms with van der Waals surface area (Å²) < 4.78 is 96.5. The third-order valence-corrected chi connectivity index (χ3v) is 15.2. The predicted molar refractivity (Wildman–Crippen MR) is 287 cm³/mol. The highest BCUT2D eigenvalue weighted by Crippen LogP contribution is 2.44. The minimum absolute atomic E-state index is 0.00977. The van der Waals surface area contributed by atoms with Crippen LogP contribution in [0.5, 0.6) is 5.75 Å². The van der Waals surface area contributed by atoms with E-state index in [4.69, 9.17) is 33.2 Å². The van der Waals surface area contributed by atoms with Crippen molar-refractivity contribution in [3.05, 3.63) is 179 Å². The Morgan fingerprint density at radius 2 is 1.33 bits per heavy atom. The second-order valence-electron chi connectivity index (χ2n) is 19.2. The molecule has 3 N–H and O–H groups in total. The number of sulfone groups is 1. The molecule has 7 aromatic rings. The largest absolute Gasteiger partial charge is 0.467 e. The van der Waals surface area contributed by atoms with Crippen LogP contribution in [0, 0.1) is 11.6 Å². The molecule has 21 nitrogen and oxygen atoms in total. The highest BCUT2D eigenvalue weighted by atomic mass is 32.2. The van der Waals surface area contributed by atoms with Gasteiger partial charge in [-0.3, -0.25) is 24.0 Å². The molecule has 430 valence electrons. The van der Waals surface area contributed by atoms with E-state index in [1.807, 2.05) is 53.1 Å². The topological polar surface area (TPSA) is 263 Å². The van der Waals surface area contributed by atoms with Crippen LogP contribution in [0.2, 0.25) is 0 Å². The van der Waals surface area contributed by atoms with E-state index in [2.05, 4.69) is 16.0 Å². The molecule has 3 heterocycles. The summed E-state index contributed by atoms with van der Waals surface area (Å²) in [5.41, 5.74) is 6.20. The number of hydrogen-bond donors (Lipinski definition) is 3. The Bertz CT molecular complexity index is 3720. The molecular weight excluding hydrogens is 1100 g/mol. The van der Waals surface area contributed by atoms with Crippen molar-refractivity contribution in [2.24, 2.45) is 0 Å². The number of benzene rings is 5. The summed E-state index contributed by atoms with van der Waals surface area (Å²) in [4.78, 5) is 90.1. The molecule has 5 aromatic carbocycles. The molecule has 0 radical (unpaired) electrons. The van der Waals surface area contributed by atoms with Gasteiger partial charge in [0, 0.05) is 58.3 Å². The number of nitrogens with one attached hydrogen (secondary N) is 3. The van der Waals surface area contributed by atoms with Crippen molar-refractivity contribution in [1.82, 2.24) is 15.0 Å². The second-order valence-corrected chi connectivity index (χ2v) is 21.2. The fraction of sp³-hybridized carbons (Fsp3) is 0.254. The van der Waals surface area contributed by atoms with E-state index in [9.17, 15) is 50.8 Å². The number of nitrogens with zero attached hydrogens (tertiary/aromatic N) is 2. The maximum atomic E-state index is 13.8. The molecule has 9 rings (SSSR count). The molecule has 0 unspecified atom stereocenters. The number of carbonyl (C=O) groups excluding carboxylic acids is 7. The van der Waals surface area contributed by atoms with Gasteiger partial charge < -0.3 is 49.1 Å². The summed E-state index contributed by atoms with van der Waals surface area (Å²) in [6.07, 6.45) is -4.57. The maximum Gasteiger partial charge on any atom is 0.407 e. The molecule has 24 heteroatoms. The van der Waals surface area contributed by atoms with Gasteiger partial charge in [-0.1, -0.05) is 66.7 Å². The number of methoxy groups -OCH3 is 1. The Morgan fingerprint density at radius 3 is 1.98 bits per heavy atom. The number of anilines is 1. The van der Waals surface area contributed by atoms with Crippen molar-refractivity contribution in [3.63, 3.8) is 0 Å². The lowest BCUT2D eigenvalue weighted by atomic mass is 9.97. The second kappa shape index (κ2) is 25.1. The normalized spacial score (nSPS) is 17.3. The quantitative estimate of drug-likeness (QED) is 0.0459. The third kappa shape index (κ3) is 13.5. The molecule has 5 atom stereocenters. The van der Waals surface area contributed by atoms with E-state index in [1.165, 1.54) is 30.3 Å². The van der Waals surface area contributed by atoms with Gasteiger partial charge in [0.15, 0.2) is 18.3 Å². The van der Waals surface area contributed by atoms with E-state index >= 15 is 0 Å². The smallest absolute Gasteiger partial charge is 0.407 e. The lowest BCUT2D eigenvalue weighted by molar-refractivity contribution is -0.661. The number of fused-ring (bicyclic) bond motifs is 4. The SMILES string of the molecule is COC(=O)[C@H]1O[C@@H](Oc2ccc(C[n+]3ccn4cc(C(=O)NCc5ccc(S(=O)(=O)c6cc(F)cc(F)c6)cc5)ccc43)cc2NC(=O)CCNC(=O)OCC2c3ccccc3-c3ccccc32)[C@H](OC(C)=O)[C@@H](OC(C)=O)[C@@H]1OC(C)=O. The van der Waals surface area contributed by atoms with Gasteiger partial charge in [0.25, 0.3) is 11.6 Å². The van der Waals surface area contributed by atoms with E-state index in [0.29, 0.717) is 22.8 Å². The van der Waals surface area contributed by atoms with Crippen molar-refractivity contribution < 1.29 is 88.5 Å². The summed E-state index contributed by atoms with van der Waals surface area (Å²) >= 11 is 0. The zero-order valence-electron chi connectivity index (χ0n) is 44.9. The Kier molecular flexibility index (Phi) is 17.6. The number of alkyl carbamates (subject to hydrolysis) is 1. The Hall–Kier alpha value is -9.55. The van der Waals surface area contributed by atoms with Gasteiger partial charge in [-0.2, -0.15) is 0 Å². The van der Waals surface area contributed by atoms with Crippen LogP contribution in [-0.4, -0.2) is 106 Å². The van der Waals surface area contributed by atoms with Crippen LogP contribution >= 0.6 is 0 Å². The number of amides is 3. The van der Waals surface area contributed by atoms with Crippen LogP contribution in [0.1, 0.15) is 65.7 Å². The van der Waals surface area contributed by atoms with Gasteiger partial charge in [0.2, 0.25) is 28.1 Å². The fourth-order valence-corrected chi connectivity index (χ4v) is 11.1. The Labute approximate surface area is 473 Å². The minimum atomic E-state index is -4.23. The molecule has 0 spiro atoms. The van der Waals surface area contributed by atoms with Gasteiger partial charge in [0.05, 0.1) is 28.2 Å². The van der Waals surface area contributed by atoms with Gasteiger partial charge in [0.1, 0.15) is 49.1 Å². The van der Waals surface area contributed by atoms with E-state index in [0.717, 1.165) is 62.3 Å². The average Bonchev–Trinajstić information content (AvgIpc) is 3.60.